The highest BCUT2D eigenvalue weighted by Crippen LogP contribution is 2.20. The Hall–Kier alpha value is -2.70. The van der Waals surface area contributed by atoms with E-state index in [0.29, 0.717) is 23.7 Å². The van der Waals surface area contributed by atoms with Crippen molar-refractivity contribution in [2.24, 2.45) is 0 Å². The third kappa shape index (κ3) is 2.37. The van der Waals surface area contributed by atoms with E-state index in [1.54, 1.807) is 29.1 Å². The summed E-state index contributed by atoms with van der Waals surface area (Å²) in [5.41, 5.74) is 2.40. The van der Waals surface area contributed by atoms with Crippen LogP contribution in [0.3, 0.4) is 0 Å². The molecule has 1 saturated carbocycles. The molecule has 0 spiro atoms. The molecule has 1 fully saturated rings. The van der Waals surface area contributed by atoms with Gasteiger partial charge in [-0.3, -0.25) is 0 Å². The van der Waals surface area contributed by atoms with E-state index < -0.39 is 0 Å². The van der Waals surface area contributed by atoms with Gasteiger partial charge in [0.1, 0.15) is 12.1 Å². The van der Waals surface area contributed by atoms with Crippen LogP contribution in [-0.4, -0.2) is 21.0 Å². The van der Waals surface area contributed by atoms with Gasteiger partial charge in [0.2, 0.25) is 0 Å². The molecule has 1 aliphatic carbocycles. The number of rotatable bonds is 4. The van der Waals surface area contributed by atoms with Gasteiger partial charge in [-0.15, -0.1) is 5.10 Å². The quantitative estimate of drug-likeness (QED) is 0.897. The Morgan fingerprint density at radius 1 is 1.25 bits per heavy atom. The molecule has 1 aliphatic rings. The predicted molar refractivity (Wildman–Crippen MR) is 70.7 cm³/mol. The fourth-order valence-electron chi connectivity index (χ4n) is 1.98. The smallest absolute Gasteiger partial charge is 0.101 e. The Morgan fingerprint density at radius 3 is 2.75 bits per heavy atom. The molecular weight excluding hydrogens is 252 g/mol. The fraction of sp³-hybridized carbons (Fsp3) is 0.286. The lowest BCUT2D eigenvalue weighted by atomic mass is 10.1. The summed E-state index contributed by atoms with van der Waals surface area (Å²) in [6, 6.07) is 9.70. The summed E-state index contributed by atoms with van der Waals surface area (Å²) in [5.74, 6) is 0. The van der Waals surface area contributed by atoms with Crippen LogP contribution in [0.5, 0.6) is 0 Å². The summed E-state index contributed by atoms with van der Waals surface area (Å²) in [5, 5.41) is 29.4. The monoisotopic (exact) mass is 264 g/mol. The molecule has 6 heteroatoms. The van der Waals surface area contributed by atoms with Crippen molar-refractivity contribution in [2.45, 2.75) is 25.4 Å². The van der Waals surface area contributed by atoms with E-state index in [0.717, 1.165) is 11.4 Å². The van der Waals surface area contributed by atoms with Gasteiger partial charge < -0.3 is 5.32 Å². The molecule has 20 heavy (non-hydrogen) atoms. The van der Waals surface area contributed by atoms with Crippen molar-refractivity contribution in [3.63, 3.8) is 0 Å². The molecule has 1 aromatic heterocycles. The van der Waals surface area contributed by atoms with Crippen molar-refractivity contribution < 1.29 is 0 Å². The molecule has 98 valence electrons. The molecule has 1 heterocycles. The van der Waals surface area contributed by atoms with Crippen LogP contribution in [0, 0.1) is 22.7 Å². The van der Waals surface area contributed by atoms with Crippen molar-refractivity contribution >= 4 is 0 Å². The first-order chi connectivity index (χ1) is 9.81. The molecule has 3 rings (SSSR count). The van der Waals surface area contributed by atoms with E-state index >= 15 is 0 Å². The number of nitrogens with zero attached hydrogens (tertiary/aromatic N) is 5. The van der Waals surface area contributed by atoms with Crippen LogP contribution >= 0.6 is 0 Å². The van der Waals surface area contributed by atoms with Gasteiger partial charge in [0.05, 0.1) is 28.7 Å². The minimum atomic E-state index is 0.349. The van der Waals surface area contributed by atoms with Crippen molar-refractivity contribution in [2.75, 3.05) is 0 Å². The van der Waals surface area contributed by atoms with E-state index in [4.69, 9.17) is 10.5 Å². The van der Waals surface area contributed by atoms with Crippen LogP contribution < -0.4 is 5.32 Å². The molecule has 0 aliphatic heterocycles. The Balaban J connectivity index is 1.91. The highest BCUT2D eigenvalue weighted by Gasteiger charge is 2.21. The van der Waals surface area contributed by atoms with Crippen LogP contribution in [0.15, 0.2) is 24.4 Å². The van der Waals surface area contributed by atoms with E-state index in [1.807, 2.05) is 12.1 Å². The summed E-state index contributed by atoms with van der Waals surface area (Å²) >= 11 is 0. The zero-order valence-corrected chi connectivity index (χ0v) is 10.7. The zero-order valence-electron chi connectivity index (χ0n) is 10.7. The molecule has 6 nitrogen and oxygen atoms in total. The van der Waals surface area contributed by atoms with Crippen molar-refractivity contribution in [3.05, 3.63) is 41.2 Å². The van der Waals surface area contributed by atoms with Gasteiger partial charge >= 0.3 is 0 Å². The van der Waals surface area contributed by atoms with E-state index in [-0.39, 0.29) is 0 Å². The van der Waals surface area contributed by atoms with Gasteiger partial charge in [0.15, 0.2) is 0 Å². The van der Waals surface area contributed by atoms with Gasteiger partial charge in [-0.05, 0) is 31.0 Å². The normalized spacial score (nSPS) is 13.7. The first kappa shape index (κ1) is 12.3. The number of hydrogen-bond donors (Lipinski definition) is 1. The highest BCUT2D eigenvalue weighted by atomic mass is 15.4. The lowest BCUT2D eigenvalue weighted by Gasteiger charge is -2.07. The van der Waals surface area contributed by atoms with E-state index in [9.17, 15) is 0 Å². The molecule has 0 unspecified atom stereocenters. The molecule has 1 aromatic carbocycles. The average Bonchev–Trinajstić information content (AvgIpc) is 3.21. The summed E-state index contributed by atoms with van der Waals surface area (Å²) in [6.07, 6.45) is 4.15. The first-order valence-corrected chi connectivity index (χ1v) is 6.39. The van der Waals surface area contributed by atoms with E-state index in [2.05, 4.69) is 15.6 Å². The molecular formula is C14H12N6. The summed E-state index contributed by atoms with van der Waals surface area (Å²) in [4.78, 5) is 0. The molecule has 2 aromatic rings. The lowest BCUT2D eigenvalue weighted by Crippen LogP contribution is -2.18. The van der Waals surface area contributed by atoms with Gasteiger partial charge in [-0.25, -0.2) is 4.68 Å². The molecule has 1 N–H and O–H groups in total. The molecule has 0 atom stereocenters. The minimum Gasteiger partial charge on any atom is -0.308 e. The Morgan fingerprint density at radius 2 is 2.05 bits per heavy atom. The maximum absolute atomic E-state index is 9.07. The van der Waals surface area contributed by atoms with Crippen LogP contribution in [-0.2, 0) is 6.54 Å². The second-order valence-corrected chi connectivity index (χ2v) is 4.75. The maximum atomic E-state index is 9.07. The Kier molecular flexibility index (Phi) is 3.16. The number of benzene rings is 1. The summed E-state index contributed by atoms with van der Waals surface area (Å²) in [7, 11) is 0. The topological polar surface area (TPSA) is 90.3 Å². The number of nitrogens with one attached hydrogen (secondary N) is 1. The van der Waals surface area contributed by atoms with Gasteiger partial charge in [0.25, 0.3) is 0 Å². The second kappa shape index (κ2) is 5.12. The fourth-order valence-corrected chi connectivity index (χ4v) is 1.98. The molecule has 0 radical (unpaired) electrons. The Labute approximate surface area is 116 Å². The highest BCUT2D eigenvalue weighted by molar-refractivity contribution is 5.51. The van der Waals surface area contributed by atoms with Gasteiger partial charge in [-0.1, -0.05) is 5.21 Å². The van der Waals surface area contributed by atoms with Crippen LogP contribution in [0.4, 0.5) is 0 Å². The third-order valence-corrected chi connectivity index (χ3v) is 3.26. The molecule has 0 bridgehead atoms. The van der Waals surface area contributed by atoms with Crippen LogP contribution in [0.1, 0.15) is 29.7 Å². The van der Waals surface area contributed by atoms with Crippen molar-refractivity contribution in [1.29, 1.82) is 10.5 Å². The number of aromatic nitrogens is 3. The second-order valence-electron chi connectivity index (χ2n) is 4.75. The lowest BCUT2D eigenvalue weighted by molar-refractivity contribution is 0.647. The molecule has 0 saturated heterocycles. The predicted octanol–water partition coefficient (Wildman–Crippen LogP) is 1.26. The largest absolute Gasteiger partial charge is 0.308 e. The summed E-state index contributed by atoms with van der Waals surface area (Å²) < 4.78 is 1.69. The van der Waals surface area contributed by atoms with Crippen molar-refractivity contribution in [3.8, 4) is 17.8 Å². The molecule has 0 amide bonds. The maximum Gasteiger partial charge on any atom is 0.101 e. The average molecular weight is 264 g/mol. The van der Waals surface area contributed by atoms with Crippen molar-refractivity contribution in [1.82, 2.24) is 20.3 Å². The standard InChI is InChI=1S/C14H12N6/c15-6-10-1-4-13(5-11(10)7-16)20-14(9-18-19-20)8-17-12-2-3-12/h1,4-5,9,12,17H,2-3,8H2. The SMILES string of the molecule is N#Cc1ccc(-n2nncc2CNC2CC2)cc1C#N. The van der Waals surface area contributed by atoms with Crippen LogP contribution in [0.25, 0.3) is 5.69 Å². The van der Waals surface area contributed by atoms with Gasteiger partial charge in [0, 0.05) is 12.6 Å². The Bertz CT molecular complexity index is 714. The number of nitriles is 2. The third-order valence-electron chi connectivity index (χ3n) is 3.26. The number of hydrogen-bond acceptors (Lipinski definition) is 5. The van der Waals surface area contributed by atoms with E-state index in [1.165, 1.54) is 12.8 Å². The van der Waals surface area contributed by atoms with Crippen LogP contribution in [0.2, 0.25) is 0 Å². The first-order valence-electron chi connectivity index (χ1n) is 6.39. The zero-order chi connectivity index (χ0) is 13.9. The minimum absolute atomic E-state index is 0.349. The summed E-state index contributed by atoms with van der Waals surface area (Å²) in [6.45, 7) is 0.694. The van der Waals surface area contributed by atoms with Gasteiger partial charge in [-0.2, -0.15) is 10.5 Å².